The summed E-state index contributed by atoms with van der Waals surface area (Å²) < 4.78 is 32.2. The van der Waals surface area contributed by atoms with Crippen LogP contribution in [0.25, 0.3) is 10.9 Å². The first-order valence-corrected chi connectivity index (χ1v) is 10.5. The molecule has 1 saturated heterocycles. The molecule has 1 fully saturated rings. The third kappa shape index (κ3) is 3.31. The second kappa shape index (κ2) is 7.40. The molecule has 2 aromatic carbocycles. The lowest BCUT2D eigenvalue weighted by molar-refractivity contribution is 0.122. The smallest absolute Gasteiger partial charge is 0.210 e. The summed E-state index contributed by atoms with van der Waals surface area (Å²) in [5.74, 6) is 0. The van der Waals surface area contributed by atoms with Crippen molar-refractivity contribution in [2.24, 2.45) is 0 Å². The highest BCUT2D eigenvalue weighted by atomic mass is 35.5. The summed E-state index contributed by atoms with van der Waals surface area (Å²) in [5, 5.41) is 10.2. The van der Waals surface area contributed by atoms with Crippen LogP contribution >= 0.6 is 11.6 Å². The first-order chi connectivity index (χ1) is 13.5. The van der Waals surface area contributed by atoms with E-state index in [1.54, 1.807) is 18.2 Å². The Labute approximate surface area is 167 Å². The van der Waals surface area contributed by atoms with Gasteiger partial charge in [0.25, 0.3) is 0 Å². The molecule has 1 aliphatic rings. The zero-order chi connectivity index (χ0) is 19.7. The first-order valence-electron chi connectivity index (χ1n) is 8.67. The topological polar surface area (TPSA) is 83.3 Å². The predicted octanol–water partition coefficient (Wildman–Crippen LogP) is 3.43. The molecular formula is C20H16ClN3O3S. The number of sulfone groups is 1. The minimum absolute atomic E-state index is 0.121. The van der Waals surface area contributed by atoms with Gasteiger partial charge in [0, 0.05) is 29.7 Å². The molecule has 1 aliphatic heterocycles. The summed E-state index contributed by atoms with van der Waals surface area (Å²) in [6.45, 7) is 2.21. The Hall–Kier alpha value is -2.66. The van der Waals surface area contributed by atoms with Gasteiger partial charge in [-0.1, -0.05) is 11.6 Å². The van der Waals surface area contributed by atoms with E-state index >= 15 is 0 Å². The van der Waals surface area contributed by atoms with E-state index in [9.17, 15) is 8.42 Å². The number of fused-ring (bicyclic) bond motifs is 1. The Morgan fingerprint density at radius 3 is 2.50 bits per heavy atom. The van der Waals surface area contributed by atoms with Crippen LogP contribution in [0.3, 0.4) is 0 Å². The minimum atomic E-state index is -3.83. The molecule has 1 aromatic heterocycles. The molecular weight excluding hydrogens is 398 g/mol. The Morgan fingerprint density at radius 2 is 1.82 bits per heavy atom. The first kappa shape index (κ1) is 18.7. The SMILES string of the molecule is N#Cc1ccc(S(=O)(=O)c2cnc3cc(Cl)ccc3c2N2CCOCC2)cc1. The second-order valence-electron chi connectivity index (χ2n) is 6.37. The van der Waals surface area contributed by atoms with Gasteiger partial charge in [0.05, 0.1) is 40.9 Å². The summed E-state index contributed by atoms with van der Waals surface area (Å²) in [7, 11) is -3.83. The summed E-state index contributed by atoms with van der Waals surface area (Å²) >= 11 is 6.09. The third-order valence-corrected chi connectivity index (χ3v) is 6.69. The number of morpholine rings is 1. The van der Waals surface area contributed by atoms with Crippen LogP contribution in [0.1, 0.15) is 5.56 Å². The van der Waals surface area contributed by atoms with Crippen molar-refractivity contribution in [2.45, 2.75) is 9.79 Å². The van der Waals surface area contributed by atoms with E-state index in [0.29, 0.717) is 48.1 Å². The molecule has 2 heterocycles. The van der Waals surface area contributed by atoms with Gasteiger partial charge in [-0.25, -0.2) is 8.42 Å². The molecule has 0 amide bonds. The zero-order valence-corrected chi connectivity index (χ0v) is 16.4. The van der Waals surface area contributed by atoms with Crippen molar-refractivity contribution in [3.63, 3.8) is 0 Å². The molecule has 0 saturated carbocycles. The van der Waals surface area contributed by atoms with Gasteiger partial charge in [0.1, 0.15) is 4.90 Å². The summed E-state index contributed by atoms with van der Waals surface area (Å²) in [6.07, 6.45) is 1.39. The van der Waals surface area contributed by atoms with Crippen LogP contribution in [0.2, 0.25) is 5.02 Å². The maximum Gasteiger partial charge on any atom is 0.210 e. The van der Waals surface area contributed by atoms with E-state index < -0.39 is 9.84 Å². The number of benzene rings is 2. The lowest BCUT2D eigenvalue weighted by Gasteiger charge is -2.31. The molecule has 0 bridgehead atoms. The van der Waals surface area contributed by atoms with Crippen LogP contribution in [0, 0.1) is 11.3 Å². The fourth-order valence-corrected chi connectivity index (χ4v) is 4.88. The Morgan fingerprint density at radius 1 is 1.11 bits per heavy atom. The average Bonchev–Trinajstić information content (AvgIpc) is 2.73. The number of rotatable bonds is 3. The minimum Gasteiger partial charge on any atom is -0.378 e. The highest BCUT2D eigenvalue weighted by Crippen LogP contribution is 2.37. The fourth-order valence-electron chi connectivity index (χ4n) is 3.28. The van der Waals surface area contributed by atoms with Crippen LogP contribution in [-0.2, 0) is 14.6 Å². The average molecular weight is 414 g/mol. The molecule has 0 radical (unpaired) electrons. The van der Waals surface area contributed by atoms with Crippen molar-refractivity contribution >= 4 is 38.0 Å². The molecule has 0 unspecified atom stereocenters. The van der Waals surface area contributed by atoms with Crippen LogP contribution in [0.15, 0.2) is 58.5 Å². The molecule has 0 atom stereocenters. The van der Waals surface area contributed by atoms with Gasteiger partial charge in [0.2, 0.25) is 9.84 Å². The number of pyridine rings is 1. The molecule has 0 aliphatic carbocycles. The van der Waals surface area contributed by atoms with Gasteiger partial charge < -0.3 is 9.64 Å². The van der Waals surface area contributed by atoms with Crippen LogP contribution in [-0.4, -0.2) is 39.7 Å². The Kier molecular flexibility index (Phi) is 4.94. The predicted molar refractivity (Wildman–Crippen MR) is 106 cm³/mol. The van der Waals surface area contributed by atoms with Gasteiger partial charge in [0.15, 0.2) is 0 Å². The van der Waals surface area contributed by atoms with E-state index in [-0.39, 0.29) is 9.79 Å². The van der Waals surface area contributed by atoms with Crippen molar-refractivity contribution in [1.29, 1.82) is 5.26 Å². The normalized spacial score (nSPS) is 14.8. The van der Waals surface area contributed by atoms with Crippen LogP contribution < -0.4 is 4.90 Å². The van der Waals surface area contributed by atoms with Crippen molar-refractivity contribution in [3.8, 4) is 6.07 Å². The van der Waals surface area contributed by atoms with Crippen LogP contribution in [0.5, 0.6) is 0 Å². The highest BCUT2D eigenvalue weighted by Gasteiger charge is 2.27. The molecule has 0 N–H and O–H groups in total. The van der Waals surface area contributed by atoms with Crippen molar-refractivity contribution < 1.29 is 13.2 Å². The van der Waals surface area contributed by atoms with E-state index in [1.807, 2.05) is 11.0 Å². The molecule has 0 spiro atoms. The number of nitrogens with zero attached hydrogens (tertiary/aromatic N) is 3. The van der Waals surface area contributed by atoms with Gasteiger partial charge in [-0.3, -0.25) is 4.98 Å². The number of anilines is 1. The summed E-state index contributed by atoms with van der Waals surface area (Å²) in [5.41, 5.74) is 1.64. The molecule has 28 heavy (non-hydrogen) atoms. The monoisotopic (exact) mass is 413 g/mol. The largest absolute Gasteiger partial charge is 0.378 e. The van der Waals surface area contributed by atoms with Crippen molar-refractivity contribution in [2.75, 3.05) is 31.2 Å². The quantitative estimate of drug-likeness (QED) is 0.654. The van der Waals surface area contributed by atoms with Crippen molar-refractivity contribution in [3.05, 3.63) is 59.2 Å². The standard InChI is InChI=1S/C20H16ClN3O3S/c21-15-3-6-17-18(11-15)23-13-19(20(17)24-7-9-27-10-8-24)28(25,26)16-4-1-14(12-22)2-5-16/h1-6,11,13H,7-10H2. The second-order valence-corrected chi connectivity index (χ2v) is 8.73. The Bertz CT molecular complexity index is 1180. The van der Waals surface area contributed by atoms with Crippen molar-refractivity contribution in [1.82, 2.24) is 4.98 Å². The number of ether oxygens (including phenoxy) is 1. The molecule has 142 valence electrons. The van der Waals surface area contributed by atoms with E-state index in [2.05, 4.69) is 4.98 Å². The number of hydrogen-bond acceptors (Lipinski definition) is 6. The number of nitriles is 1. The molecule has 6 nitrogen and oxygen atoms in total. The Balaban J connectivity index is 1.94. The van der Waals surface area contributed by atoms with E-state index in [4.69, 9.17) is 21.6 Å². The molecule has 8 heteroatoms. The van der Waals surface area contributed by atoms with Crippen LogP contribution in [0.4, 0.5) is 5.69 Å². The molecule has 4 rings (SSSR count). The van der Waals surface area contributed by atoms with Gasteiger partial charge in [-0.05, 0) is 42.5 Å². The lowest BCUT2D eigenvalue weighted by Crippen LogP contribution is -2.37. The number of aromatic nitrogens is 1. The third-order valence-electron chi connectivity index (χ3n) is 4.68. The lowest BCUT2D eigenvalue weighted by atomic mass is 10.1. The van der Waals surface area contributed by atoms with E-state index in [1.165, 1.54) is 30.5 Å². The van der Waals surface area contributed by atoms with Gasteiger partial charge >= 0.3 is 0 Å². The zero-order valence-electron chi connectivity index (χ0n) is 14.8. The maximum absolute atomic E-state index is 13.4. The highest BCUT2D eigenvalue weighted by molar-refractivity contribution is 7.91. The fraction of sp³-hybridized carbons (Fsp3) is 0.200. The summed E-state index contributed by atoms with van der Waals surface area (Å²) in [6, 6.07) is 13.1. The number of halogens is 1. The van der Waals surface area contributed by atoms with Gasteiger partial charge in [-0.2, -0.15) is 5.26 Å². The number of hydrogen-bond donors (Lipinski definition) is 0. The van der Waals surface area contributed by atoms with Gasteiger partial charge in [-0.15, -0.1) is 0 Å². The summed E-state index contributed by atoms with van der Waals surface area (Å²) in [4.78, 5) is 6.62. The maximum atomic E-state index is 13.4. The van der Waals surface area contributed by atoms with E-state index in [0.717, 1.165) is 5.39 Å². The molecule has 3 aromatic rings.